The maximum absolute atomic E-state index is 13.0. The summed E-state index contributed by atoms with van der Waals surface area (Å²) in [5.74, 6) is 0.142. The van der Waals surface area contributed by atoms with E-state index in [4.69, 9.17) is 0 Å². The summed E-state index contributed by atoms with van der Waals surface area (Å²) in [7, 11) is -3.51. The van der Waals surface area contributed by atoms with Gasteiger partial charge in [0.25, 0.3) is 10.0 Å². The van der Waals surface area contributed by atoms with E-state index < -0.39 is 10.0 Å². The second-order valence-corrected chi connectivity index (χ2v) is 11.1. The quantitative estimate of drug-likeness (QED) is 0.777. The zero-order valence-corrected chi connectivity index (χ0v) is 17.5. The Labute approximate surface area is 170 Å². The van der Waals surface area contributed by atoms with Gasteiger partial charge in [0.05, 0.1) is 5.92 Å². The summed E-state index contributed by atoms with van der Waals surface area (Å²) in [6, 6.07) is 3.50. The van der Waals surface area contributed by atoms with Gasteiger partial charge in [-0.15, -0.1) is 11.3 Å². The zero-order chi connectivity index (χ0) is 19.7. The summed E-state index contributed by atoms with van der Waals surface area (Å²) in [4.78, 5) is 26.7. The van der Waals surface area contributed by atoms with Crippen LogP contribution >= 0.6 is 11.3 Å². The van der Waals surface area contributed by atoms with Crippen molar-refractivity contribution in [3.8, 4) is 0 Å². The molecule has 0 bridgehead atoms. The number of rotatable bonds is 5. The van der Waals surface area contributed by atoms with E-state index in [1.807, 2.05) is 4.90 Å². The van der Waals surface area contributed by atoms with Crippen molar-refractivity contribution in [1.82, 2.24) is 14.5 Å². The maximum Gasteiger partial charge on any atom is 0.252 e. The smallest absolute Gasteiger partial charge is 0.252 e. The first-order valence-electron chi connectivity index (χ1n) is 10.1. The predicted molar refractivity (Wildman–Crippen MR) is 106 cm³/mol. The van der Waals surface area contributed by atoms with E-state index in [2.05, 4.69) is 5.32 Å². The molecule has 0 radical (unpaired) electrons. The third-order valence-electron chi connectivity index (χ3n) is 5.92. The van der Waals surface area contributed by atoms with Crippen LogP contribution in [0.4, 0.5) is 0 Å². The van der Waals surface area contributed by atoms with E-state index in [0.717, 1.165) is 32.1 Å². The van der Waals surface area contributed by atoms with Crippen LogP contribution in [0.5, 0.6) is 0 Å². The molecule has 0 spiro atoms. The molecule has 7 nitrogen and oxygen atoms in total. The Hall–Kier alpha value is -1.45. The fourth-order valence-corrected chi connectivity index (χ4v) is 6.74. The summed E-state index contributed by atoms with van der Waals surface area (Å²) in [5, 5.41) is 4.85. The van der Waals surface area contributed by atoms with Crippen LogP contribution in [0, 0.1) is 11.8 Å². The molecule has 2 aliphatic heterocycles. The fourth-order valence-electron chi connectivity index (χ4n) is 4.07. The van der Waals surface area contributed by atoms with Crippen LogP contribution < -0.4 is 5.32 Å². The third kappa shape index (κ3) is 4.26. The molecule has 1 aromatic rings. The van der Waals surface area contributed by atoms with Crippen LogP contribution in [-0.4, -0.2) is 61.7 Å². The van der Waals surface area contributed by atoms with E-state index in [9.17, 15) is 18.0 Å². The summed E-state index contributed by atoms with van der Waals surface area (Å²) in [5.41, 5.74) is 0. The van der Waals surface area contributed by atoms with E-state index in [1.54, 1.807) is 17.5 Å². The van der Waals surface area contributed by atoms with E-state index in [0.29, 0.717) is 30.3 Å². The van der Waals surface area contributed by atoms with Gasteiger partial charge >= 0.3 is 0 Å². The number of nitrogens with one attached hydrogen (secondary N) is 1. The van der Waals surface area contributed by atoms with Gasteiger partial charge in [0, 0.05) is 38.1 Å². The molecule has 3 fully saturated rings. The summed E-state index contributed by atoms with van der Waals surface area (Å²) in [6.45, 7) is 1.99. The van der Waals surface area contributed by atoms with Crippen molar-refractivity contribution in [3.63, 3.8) is 0 Å². The monoisotopic (exact) mass is 425 g/mol. The molecule has 3 heterocycles. The van der Waals surface area contributed by atoms with Crippen LogP contribution in [0.25, 0.3) is 0 Å². The average molecular weight is 426 g/mol. The highest BCUT2D eigenvalue weighted by atomic mass is 32.2. The molecule has 0 aromatic carbocycles. The second kappa shape index (κ2) is 8.12. The minimum absolute atomic E-state index is 0.0537. The molecule has 28 heavy (non-hydrogen) atoms. The van der Waals surface area contributed by atoms with Gasteiger partial charge < -0.3 is 10.2 Å². The third-order valence-corrected chi connectivity index (χ3v) is 9.16. The normalized spacial score (nSPS) is 24.9. The first kappa shape index (κ1) is 19.8. The molecule has 1 saturated carbocycles. The molecule has 1 unspecified atom stereocenters. The lowest BCUT2D eigenvalue weighted by atomic mass is 9.96. The van der Waals surface area contributed by atoms with E-state index in [-0.39, 0.29) is 36.2 Å². The highest BCUT2D eigenvalue weighted by Gasteiger charge is 2.37. The lowest BCUT2D eigenvalue weighted by molar-refractivity contribution is -0.137. The van der Waals surface area contributed by atoms with Gasteiger partial charge in [0.2, 0.25) is 11.8 Å². The molecular weight excluding hydrogens is 398 g/mol. The molecular formula is C19H27N3O4S2. The molecule has 2 amide bonds. The Balaban J connectivity index is 1.31. The molecule has 1 N–H and O–H groups in total. The highest BCUT2D eigenvalue weighted by molar-refractivity contribution is 7.91. The minimum Gasteiger partial charge on any atom is -0.353 e. The van der Waals surface area contributed by atoms with Gasteiger partial charge in [-0.1, -0.05) is 6.07 Å². The zero-order valence-electron chi connectivity index (χ0n) is 15.9. The number of hydrogen-bond acceptors (Lipinski definition) is 5. The SMILES string of the molecule is O=C(NC1CCN(C(=O)C2CCCN(S(=O)(=O)c3cccs3)C2)CC1)C1CC1. The first-order valence-corrected chi connectivity index (χ1v) is 12.4. The van der Waals surface area contributed by atoms with Crippen LogP contribution in [0.2, 0.25) is 0 Å². The van der Waals surface area contributed by atoms with Gasteiger partial charge in [-0.2, -0.15) is 4.31 Å². The van der Waals surface area contributed by atoms with Crippen LogP contribution in [0.15, 0.2) is 21.7 Å². The molecule has 4 rings (SSSR count). The Morgan fingerprint density at radius 3 is 2.43 bits per heavy atom. The standard InChI is InChI=1S/C19H27N3O4S2/c23-18(14-5-6-14)20-16-7-10-21(11-8-16)19(24)15-3-1-9-22(13-15)28(25,26)17-4-2-12-27-17/h2,4,12,14-16H,1,3,5-11,13H2,(H,20,23). The van der Waals surface area contributed by atoms with Gasteiger partial charge in [0.15, 0.2) is 0 Å². The second-order valence-electron chi connectivity index (χ2n) is 8.02. The molecule has 2 saturated heterocycles. The number of hydrogen-bond donors (Lipinski definition) is 1. The van der Waals surface area contributed by atoms with Crippen molar-refractivity contribution in [2.24, 2.45) is 11.8 Å². The Kier molecular flexibility index (Phi) is 5.76. The molecule has 1 aromatic heterocycles. The topological polar surface area (TPSA) is 86.8 Å². The Morgan fingerprint density at radius 1 is 1.04 bits per heavy atom. The summed E-state index contributed by atoms with van der Waals surface area (Å²) in [6.07, 6.45) is 4.97. The van der Waals surface area contributed by atoms with Crippen LogP contribution in [0.3, 0.4) is 0 Å². The van der Waals surface area contributed by atoms with Gasteiger partial charge in [-0.05, 0) is 50.0 Å². The van der Waals surface area contributed by atoms with Gasteiger partial charge in [0.1, 0.15) is 4.21 Å². The fraction of sp³-hybridized carbons (Fsp3) is 0.684. The summed E-state index contributed by atoms with van der Waals surface area (Å²) < 4.78 is 27.3. The number of piperidine rings is 2. The lowest BCUT2D eigenvalue weighted by Crippen LogP contribution is -2.51. The van der Waals surface area contributed by atoms with Gasteiger partial charge in [-0.3, -0.25) is 9.59 Å². The number of carbonyl (C=O) groups is 2. The van der Waals surface area contributed by atoms with Crippen molar-refractivity contribution in [3.05, 3.63) is 17.5 Å². The van der Waals surface area contributed by atoms with E-state index in [1.165, 1.54) is 15.6 Å². The average Bonchev–Trinajstić information content (AvgIpc) is 3.41. The van der Waals surface area contributed by atoms with Crippen molar-refractivity contribution < 1.29 is 18.0 Å². The predicted octanol–water partition coefficient (Wildman–Crippen LogP) is 1.67. The Morgan fingerprint density at radius 2 is 1.79 bits per heavy atom. The first-order chi connectivity index (χ1) is 13.4. The minimum atomic E-state index is -3.51. The number of sulfonamides is 1. The molecule has 1 aliphatic carbocycles. The highest BCUT2D eigenvalue weighted by Crippen LogP contribution is 2.30. The van der Waals surface area contributed by atoms with Crippen molar-refractivity contribution in [2.75, 3.05) is 26.2 Å². The van der Waals surface area contributed by atoms with Gasteiger partial charge in [-0.25, -0.2) is 8.42 Å². The number of thiophene rings is 1. The molecule has 154 valence electrons. The molecule has 1 atom stereocenters. The lowest BCUT2D eigenvalue weighted by Gasteiger charge is -2.37. The number of nitrogens with zero attached hydrogens (tertiary/aromatic N) is 2. The maximum atomic E-state index is 13.0. The van der Waals surface area contributed by atoms with E-state index >= 15 is 0 Å². The van der Waals surface area contributed by atoms with Crippen LogP contribution in [0.1, 0.15) is 38.5 Å². The largest absolute Gasteiger partial charge is 0.353 e. The van der Waals surface area contributed by atoms with Crippen molar-refractivity contribution in [1.29, 1.82) is 0 Å². The molecule has 9 heteroatoms. The number of amides is 2. The number of likely N-dealkylation sites (tertiary alicyclic amines) is 1. The summed E-state index contributed by atoms with van der Waals surface area (Å²) >= 11 is 1.21. The Bertz CT molecular complexity index is 812. The van der Waals surface area contributed by atoms with Crippen molar-refractivity contribution in [2.45, 2.75) is 48.8 Å². The molecule has 3 aliphatic rings. The van der Waals surface area contributed by atoms with Crippen LogP contribution in [-0.2, 0) is 19.6 Å². The van der Waals surface area contributed by atoms with Crippen molar-refractivity contribution >= 4 is 33.2 Å². The number of carbonyl (C=O) groups excluding carboxylic acids is 2.